The lowest BCUT2D eigenvalue weighted by atomic mass is 9.45. The summed E-state index contributed by atoms with van der Waals surface area (Å²) in [6.45, 7) is 8.70. The topological polar surface area (TPSA) is 115 Å². The molecule has 0 spiro atoms. The van der Waals surface area contributed by atoms with Crippen LogP contribution < -0.4 is 15.0 Å². The van der Waals surface area contributed by atoms with E-state index in [-0.39, 0.29) is 41.5 Å². The van der Waals surface area contributed by atoms with Crippen LogP contribution in [0.3, 0.4) is 0 Å². The number of aliphatic hydroxyl groups excluding tert-OH is 2. The summed E-state index contributed by atoms with van der Waals surface area (Å²) in [7, 11) is 9.33. The number of rotatable bonds is 16. The van der Waals surface area contributed by atoms with Gasteiger partial charge in [-0.15, -0.1) is 0 Å². The number of benzene rings is 3. The van der Waals surface area contributed by atoms with Crippen LogP contribution in [0.2, 0.25) is 0 Å². The minimum Gasteiger partial charge on any atom is -0.496 e. The van der Waals surface area contributed by atoms with Gasteiger partial charge in [0.25, 0.3) is 0 Å². The van der Waals surface area contributed by atoms with Crippen LogP contribution in [0.25, 0.3) is 11.1 Å². The second kappa shape index (κ2) is 17.5. The lowest BCUT2D eigenvalue weighted by molar-refractivity contribution is -0.183. The summed E-state index contributed by atoms with van der Waals surface area (Å²) in [5.74, 6) is 0.219. The number of ketones is 1. The standard InChI is InChI=1S/C46H63FN4O6/c1-27-38-21-34(46(38,3)4)22-39(27)48-45(55)43-42(28(2)53)41(26-52)57-51(43)25-33-18-35(47)23-37(44(33)56-9)31-17-32(20-36(19-31)50(7)8)40(54)16-30(24-49(5)6)15-29-13-11-10-12-14-29/h10-14,17-20,23,27-28,30,34,38-39,41-43,52-53H,15-16,21-22,24-26H2,1-9H3,(H,48,55)/t27-,28-,30+,34+,38-,39-,41-,42+,43-/m0/s1. The number of carbonyl (C=O) groups excluding carboxylic acids is 2. The molecule has 1 aliphatic heterocycles. The average Bonchev–Trinajstić information content (AvgIpc) is 3.53. The number of halogens is 1. The Morgan fingerprint density at radius 1 is 1.07 bits per heavy atom. The summed E-state index contributed by atoms with van der Waals surface area (Å²) >= 11 is 0. The van der Waals surface area contributed by atoms with Crippen LogP contribution >= 0.6 is 0 Å². The van der Waals surface area contributed by atoms with Crippen molar-refractivity contribution >= 4 is 17.4 Å². The number of aliphatic hydroxyl groups is 2. The summed E-state index contributed by atoms with van der Waals surface area (Å²) in [5.41, 5.74) is 4.18. The Labute approximate surface area is 338 Å². The van der Waals surface area contributed by atoms with Crippen LogP contribution in [0.1, 0.15) is 68.4 Å². The van der Waals surface area contributed by atoms with Crippen LogP contribution in [0.5, 0.6) is 5.75 Å². The van der Waals surface area contributed by atoms with E-state index in [2.05, 4.69) is 43.1 Å². The number of Topliss-reactive ketones (excluding diaryl/α,β-unsaturated/α-hetero) is 1. The Balaban J connectivity index is 1.31. The number of fused-ring (bicyclic) bond motifs is 2. The first-order chi connectivity index (χ1) is 27.0. The molecule has 3 aliphatic carbocycles. The van der Waals surface area contributed by atoms with Crippen molar-refractivity contribution in [2.75, 3.05) is 53.4 Å². The van der Waals surface area contributed by atoms with E-state index in [1.54, 1.807) is 13.0 Å². The quantitative estimate of drug-likeness (QED) is 0.146. The van der Waals surface area contributed by atoms with Crippen molar-refractivity contribution < 1.29 is 33.8 Å². The average molecular weight is 787 g/mol. The minimum atomic E-state index is -0.973. The van der Waals surface area contributed by atoms with Gasteiger partial charge in [0.1, 0.15) is 23.7 Å². The van der Waals surface area contributed by atoms with Gasteiger partial charge in [-0.05, 0) is 111 Å². The number of methoxy groups -OCH3 is 1. The van der Waals surface area contributed by atoms with Crippen molar-refractivity contribution in [3.63, 3.8) is 0 Å². The van der Waals surface area contributed by atoms with Crippen LogP contribution in [0.15, 0.2) is 60.7 Å². The summed E-state index contributed by atoms with van der Waals surface area (Å²) < 4.78 is 21.8. The Morgan fingerprint density at radius 3 is 2.39 bits per heavy atom. The molecule has 3 aromatic rings. The lowest BCUT2D eigenvalue weighted by Crippen LogP contribution is -2.62. The molecule has 11 heteroatoms. The molecular weight excluding hydrogens is 724 g/mol. The third-order valence-corrected chi connectivity index (χ3v) is 13.3. The predicted octanol–water partition coefficient (Wildman–Crippen LogP) is 6.22. The zero-order valence-corrected chi connectivity index (χ0v) is 35.2. The fourth-order valence-electron chi connectivity index (χ4n) is 10.1. The van der Waals surface area contributed by atoms with Gasteiger partial charge in [-0.2, -0.15) is 5.06 Å². The van der Waals surface area contributed by atoms with Gasteiger partial charge in [0, 0.05) is 61.4 Å². The number of nitrogens with one attached hydrogen (secondary N) is 1. The highest BCUT2D eigenvalue weighted by atomic mass is 19.1. The van der Waals surface area contributed by atoms with Gasteiger partial charge >= 0.3 is 0 Å². The third-order valence-electron chi connectivity index (χ3n) is 13.3. The van der Waals surface area contributed by atoms with E-state index in [4.69, 9.17) is 9.57 Å². The molecule has 7 rings (SSSR count). The molecule has 3 saturated carbocycles. The summed E-state index contributed by atoms with van der Waals surface area (Å²) in [6, 6.07) is 17.6. The second-order valence-electron chi connectivity index (χ2n) is 18.0. The Morgan fingerprint density at radius 2 is 1.79 bits per heavy atom. The highest BCUT2D eigenvalue weighted by Crippen LogP contribution is 2.61. The van der Waals surface area contributed by atoms with E-state index >= 15 is 4.39 Å². The van der Waals surface area contributed by atoms with Crippen molar-refractivity contribution in [2.24, 2.45) is 35.0 Å². The highest BCUT2D eigenvalue weighted by Gasteiger charge is 2.57. The number of carbonyl (C=O) groups is 2. The maximum Gasteiger partial charge on any atom is 0.240 e. The molecule has 10 nitrogen and oxygen atoms in total. The smallest absolute Gasteiger partial charge is 0.240 e. The summed E-state index contributed by atoms with van der Waals surface area (Å²) in [4.78, 5) is 38.7. The van der Waals surface area contributed by atoms with Crippen LogP contribution in [-0.4, -0.2) is 105 Å². The van der Waals surface area contributed by atoms with Gasteiger partial charge in [-0.1, -0.05) is 51.1 Å². The van der Waals surface area contributed by atoms with E-state index in [0.717, 1.165) is 25.1 Å². The fraction of sp³-hybridized carbons (Fsp3) is 0.565. The molecule has 57 heavy (non-hydrogen) atoms. The Kier molecular flexibility index (Phi) is 13.2. The van der Waals surface area contributed by atoms with Gasteiger partial charge in [-0.3, -0.25) is 14.4 Å². The summed E-state index contributed by atoms with van der Waals surface area (Å²) in [5, 5.41) is 26.1. The number of hydrogen-bond acceptors (Lipinski definition) is 9. The maximum atomic E-state index is 15.8. The van der Waals surface area contributed by atoms with E-state index < -0.39 is 36.6 Å². The van der Waals surface area contributed by atoms with Crippen LogP contribution in [0, 0.1) is 40.8 Å². The van der Waals surface area contributed by atoms with Crippen molar-refractivity contribution in [1.82, 2.24) is 15.3 Å². The van der Waals surface area contributed by atoms with Gasteiger partial charge in [0.05, 0.1) is 26.4 Å². The van der Waals surface area contributed by atoms with E-state index in [0.29, 0.717) is 46.3 Å². The molecular formula is C46H63FN4O6. The maximum absolute atomic E-state index is 15.8. The molecule has 0 radical (unpaired) electrons. The highest BCUT2D eigenvalue weighted by molar-refractivity contribution is 5.99. The molecule has 1 heterocycles. The number of hydroxylamine groups is 2. The molecule has 0 unspecified atom stereocenters. The molecule has 310 valence electrons. The van der Waals surface area contributed by atoms with Gasteiger partial charge in [0.15, 0.2) is 5.78 Å². The Hall–Kier alpha value is -3.87. The van der Waals surface area contributed by atoms with Gasteiger partial charge in [0.2, 0.25) is 5.91 Å². The van der Waals surface area contributed by atoms with E-state index in [1.807, 2.05) is 63.4 Å². The van der Waals surface area contributed by atoms with Crippen molar-refractivity contribution in [3.8, 4) is 16.9 Å². The largest absolute Gasteiger partial charge is 0.496 e. The van der Waals surface area contributed by atoms with Gasteiger partial charge in [-0.25, -0.2) is 4.39 Å². The monoisotopic (exact) mass is 786 g/mol. The normalized spacial score (nSPS) is 26.4. The molecule has 4 fully saturated rings. The molecule has 1 saturated heterocycles. The first-order valence-corrected chi connectivity index (χ1v) is 20.5. The molecule has 9 atom stereocenters. The molecule has 0 aromatic heterocycles. The number of amides is 1. The second-order valence-corrected chi connectivity index (χ2v) is 18.0. The Bertz CT molecular complexity index is 1890. The van der Waals surface area contributed by atoms with Crippen molar-refractivity contribution in [3.05, 3.63) is 83.2 Å². The van der Waals surface area contributed by atoms with E-state index in [1.165, 1.54) is 36.3 Å². The molecule has 2 bridgehead atoms. The zero-order valence-electron chi connectivity index (χ0n) is 35.2. The SMILES string of the molecule is COc1c(CN2O[C@@H](CO)[C@@H]([C@H](C)O)[C@H]2C(=O)N[C@H]2C[C@H]3C[C@@H]([C@@H]2C)C3(C)C)cc(F)cc1-c1cc(C(=O)C[C@@H](Cc2ccccc2)CN(C)C)cc(N(C)C)c1. The van der Waals surface area contributed by atoms with Crippen molar-refractivity contribution in [1.29, 1.82) is 0 Å². The first kappa shape index (κ1) is 42.7. The van der Waals surface area contributed by atoms with Crippen LogP contribution in [-0.2, 0) is 22.6 Å². The lowest BCUT2D eigenvalue weighted by Gasteiger charge is -2.62. The minimum absolute atomic E-state index is 0.00925. The van der Waals surface area contributed by atoms with Crippen LogP contribution in [0.4, 0.5) is 10.1 Å². The molecule has 1 amide bonds. The number of anilines is 1. The molecule has 4 aliphatic rings. The zero-order chi connectivity index (χ0) is 41.3. The first-order valence-electron chi connectivity index (χ1n) is 20.5. The third kappa shape index (κ3) is 9.08. The fourth-order valence-corrected chi connectivity index (χ4v) is 10.1. The van der Waals surface area contributed by atoms with E-state index in [9.17, 15) is 19.8 Å². The number of hydrogen-bond donors (Lipinski definition) is 3. The molecule has 3 aromatic carbocycles. The number of ether oxygens (including phenoxy) is 1. The number of nitrogens with zero attached hydrogens (tertiary/aromatic N) is 3. The predicted molar refractivity (Wildman–Crippen MR) is 221 cm³/mol. The summed E-state index contributed by atoms with van der Waals surface area (Å²) in [6.07, 6.45) is 1.32. The van der Waals surface area contributed by atoms with Crippen molar-refractivity contribution in [2.45, 2.75) is 84.2 Å². The molecule has 3 N–H and O–H groups in total. The van der Waals surface area contributed by atoms with Gasteiger partial charge < -0.3 is 30.1 Å².